The normalized spacial score (nSPS) is 9.67. The van der Waals surface area contributed by atoms with Gasteiger partial charge in [0.05, 0.1) is 6.61 Å². The Morgan fingerprint density at radius 1 is 1.28 bits per heavy atom. The number of carbonyl (C=O) groups is 3. The molecule has 104 valence electrons. The summed E-state index contributed by atoms with van der Waals surface area (Å²) in [6.07, 6.45) is 0.363. The first kappa shape index (κ1) is 16.2. The van der Waals surface area contributed by atoms with Crippen molar-refractivity contribution in [3.8, 4) is 0 Å². The molecule has 7 nitrogen and oxygen atoms in total. The topological polar surface area (TPSA) is 95.9 Å². The van der Waals surface area contributed by atoms with E-state index in [2.05, 4.69) is 5.32 Å². The van der Waals surface area contributed by atoms with Gasteiger partial charge >= 0.3 is 18.0 Å². The fraction of sp³-hybridized carbons (Fsp3) is 0.727. The predicted molar refractivity (Wildman–Crippen MR) is 64.1 cm³/mol. The minimum absolute atomic E-state index is 0.00425. The summed E-state index contributed by atoms with van der Waals surface area (Å²) < 4.78 is 4.74. The second-order valence-corrected chi connectivity index (χ2v) is 3.55. The lowest BCUT2D eigenvalue weighted by Gasteiger charge is -2.20. The zero-order chi connectivity index (χ0) is 14.0. The van der Waals surface area contributed by atoms with Crippen molar-refractivity contribution in [1.82, 2.24) is 10.2 Å². The van der Waals surface area contributed by atoms with Gasteiger partial charge in [-0.1, -0.05) is 0 Å². The maximum atomic E-state index is 11.6. The Kier molecular flexibility index (Phi) is 8.34. The molecular formula is C11H20N2O5. The molecule has 0 spiro atoms. The molecule has 18 heavy (non-hydrogen) atoms. The van der Waals surface area contributed by atoms with Crippen LogP contribution in [0.25, 0.3) is 0 Å². The van der Waals surface area contributed by atoms with Gasteiger partial charge in [0.2, 0.25) is 0 Å². The van der Waals surface area contributed by atoms with E-state index in [9.17, 15) is 14.4 Å². The first-order valence-electron chi connectivity index (χ1n) is 5.91. The van der Waals surface area contributed by atoms with Gasteiger partial charge in [0.1, 0.15) is 6.54 Å². The van der Waals surface area contributed by atoms with Crippen LogP contribution in [0, 0.1) is 0 Å². The van der Waals surface area contributed by atoms with Gasteiger partial charge in [-0.25, -0.2) is 4.79 Å². The summed E-state index contributed by atoms with van der Waals surface area (Å²) in [5.41, 5.74) is 0. The van der Waals surface area contributed by atoms with E-state index in [1.54, 1.807) is 13.8 Å². The Hall–Kier alpha value is -1.79. The number of likely N-dealkylation sites (N-methyl/N-ethyl adjacent to an activating group) is 1. The smallest absolute Gasteiger partial charge is 0.325 e. The van der Waals surface area contributed by atoms with Gasteiger partial charge in [0.15, 0.2) is 0 Å². The zero-order valence-corrected chi connectivity index (χ0v) is 10.8. The average molecular weight is 260 g/mol. The highest BCUT2D eigenvalue weighted by Gasteiger charge is 2.15. The predicted octanol–water partition coefficient (Wildman–Crippen LogP) is 0.446. The Bertz CT molecular complexity index is 293. The van der Waals surface area contributed by atoms with E-state index >= 15 is 0 Å². The van der Waals surface area contributed by atoms with Crippen LogP contribution in [0.4, 0.5) is 4.79 Å². The first-order valence-corrected chi connectivity index (χ1v) is 5.91. The Morgan fingerprint density at radius 3 is 2.44 bits per heavy atom. The summed E-state index contributed by atoms with van der Waals surface area (Å²) in [6, 6.07) is -0.393. The minimum Gasteiger partial charge on any atom is -0.481 e. The molecule has 0 rings (SSSR count). The molecule has 0 aliphatic carbocycles. The third-order valence-corrected chi connectivity index (χ3v) is 2.14. The Balaban J connectivity index is 3.95. The molecule has 0 fully saturated rings. The number of carbonyl (C=O) groups excluding carboxylic acids is 2. The molecule has 7 heteroatoms. The summed E-state index contributed by atoms with van der Waals surface area (Å²) >= 11 is 0. The number of ether oxygens (including phenoxy) is 1. The number of carboxylic acids is 1. The van der Waals surface area contributed by atoms with Gasteiger partial charge in [0.25, 0.3) is 0 Å². The quantitative estimate of drug-likeness (QED) is 0.488. The Morgan fingerprint density at radius 2 is 1.94 bits per heavy atom. The maximum Gasteiger partial charge on any atom is 0.325 e. The lowest BCUT2D eigenvalue weighted by molar-refractivity contribution is -0.143. The molecule has 0 atom stereocenters. The molecule has 0 aromatic carbocycles. The summed E-state index contributed by atoms with van der Waals surface area (Å²) in [4.78, 5) is 34.4. The fourth-order valence-corrected chi connectivity index (χ4v) is 1.24. The summed E-state index contributed by atoms with van der Waals surface area (Å²) in [7, 11) is 0. The van der Waals surface area contributed by atoms with Crippen LogP contribution in [0.5, 0.6) is 0 Å². The number of amides is 2. The number of nitrogens with one attached hydrogen (secondary N) is 1. The maximum absolute atomic E-state index is 11.6. The molecule has 0 unspecified atom stereocenters. The van der Waals surface area contributed by atoms with Crippen molar-refractivity contribution >= 4 is 18.0 Å². The average Bonchev–Trinajstić information content (AvgIpc) is 2.31. The number of nitrogens with zero attached hydrogens (tertiary/aromatic N) is 1. The number of hydrogen-bond acceptors (Lipinski definition) is 4. The van der Waals surface area contributed by atoms with E-state index in [1.165, 1.54) is 4.90 Å². The van der Waals surface area contributed by atoms with Gasteiger partial charge in [-0.3, -0.25) is 9.59 Å². The molecule has 2 amide bonds. The molecule has 0 aliphatic heterocycles. The molecule has 0 saturated carbocycles. The molecular weight excluding hydrogens is 240 g/mol. The molecule has 0 aromatic rings. The van der Waals surface area contributed by atoms with E-state index in [4.69, 9.17) is 9.84 Å². The van der Waals surface area contributed by atoms with Crippen LogP contribution in [0.3, 0.4) is 0 Å². The molecule has 2 N–H and O–H groups in total. The summed E-state index contributed by atoms with van der Waals surface area (Å²) in [5.74, 6) is -1.36. The highest BCUT2D eigenvalue weighted by atomic mass is 16.5. The number of carboxylic acid groups (broad SMARTS) is 1. The van der Waals surface area contributed by atoms with Crippen molar-refractivity contribution in [2.75, 3.05) is 26.2 Å². The third kappa shape index (κ3) is 7.48. The number of hydrogen-bond donors (Lipinski definition) is 2. The SMILES string of the molecule is CCOC(=O)CN(CC)C(=O)NCCCC(=O)O. The Labute approximate surface area is 106 Å². The number of esters is 1. The van der Waals surface area contributed by atoms with Crippen molar-refractivity contribution in [2.45, 2.75) is 26.7 Å². The van der Waals surface area contributed by atoms with E-state index in [0.29, 0.717) is 13.0 Å². The van der Waals surface area contributed by atoms with Crippen molar-refractivity contribution in [3.05, 3.63) is 0 Å². The number of rotatable bonds is 8. The standard InChI is InChI=1S/C11H20N2O5/c1-3-13(8-10(16)18-4-2)11(17)12-7-5-6-9(14)15/h3-8H2,1-2H3,(H,12,17)(H,14,15). The van der Waals surface area contributed by atoms with Crippen LogP contribution in [0.15, 0.2) is 0 Å². The highest BCUT2D eigenvalue weighted by Crippen LogP contribution is 1.93. The number of aliphatic carboxylic acids is 1. The van der Waals surface area contributed by atoms with Gasteiger partial charge < -0.3 is 20.1 Å². The van der Waals surface area contributed by atoms with Gasteiger partial charge in [-0.05, 0) is 20.3 Å². The van der Waals surface area contributed by atoms with Crippen molar-refractivity contribution < 1.29 is 24.2 Å². The van der Waals surface area contributed by atoms with Crippen LogP contribution in [0.1, 0.15) is 26.7 Å². The van der Waals surface area contributed by atoms with Crippen molar-refractivity contribution in [2.24, 2.45) is 0 Å². The van der Waals surface area contributed by atoms with Crippen LogP contribution in [-0.2, 0) is 14.3 Å². The van der Waals surface area contributed by atoms with Crippen LogP contribution in [-0.4, -0.2) is 54.2 Å². The second kappa shape index (κ2) is 9.26. The largest absolute Gasteiger partial charge is 0.481 e. The van der Waals surface area contributed by atoms with Crippen LogP contribution >= 0.6 is 0 Å². The highest BCUT2D eigenvalue weighted by molar-refractivity contribution is 5.80. The first-order chi connectivity index (χ1) is 8.51. The second-order valence-electron chi connectivity index (χ2n) is 3.55. The van der Waals surface area contributed by atoms with Crippen LogP contribution in [0.2, 0.25) is 0 Å². The molecule has 0 bridgehead atoms. The van der Waals surface area contributed by atoms with E-state index in [1.807, 2.05) is 0 Å². The van der Waals surface area contributed by atoms with Crippen molar-refractivity contribution in [1.29, 1.82) is 0 Å². The van der Waals surface area contributed by atoms with E-state index < -0.39 is 18.0 Å². The summed E-state index contributed by atoms with van der Waals surface area (Å²) in [6.45, 7) is 4.26. The molecule has 0 aliphatic rings. The van der Waals surface area contributed by atoms with E-state index in [-0.39, 0.29) is 26.1 Å². The summed E-state index contributed by atoms with van der Waals surface area (Å²) in [5, 5.41) is 11.0. The third-order valence-electron chi connectivity index (χ3n) is 2.14. The van der Waals surface area contributed by atoms with Gasteiger partial charge in [-0.2, -0.15) is 0 Å². The number of urea groups is 1. The molecule has 0 radical (unpaired) electrons. The zero-order valence-electron chi connectivity index (χ0n) is 10.8. The molecule has 0 heterocycles. The van der Waals surface area contributed by atoms with Crippen LogP contribution < -0.4 is 5.32 Å². The monoisotopic (exact) mass is 260 g/mol. The lowest BCUT2D eigenvalue weighted by Crippen LogP contribution is -2.43. The lowest BCUT2D eigenvalue weighted by atomic mass is 10.3. The molecule has 0 aromatic heterocycles. The van der Waals surface area contributed by atoms with Crippen molar-refractivity contribution in [3.63, 3.8) is 0 Å². The van der Waals surface area contributed by atoms with Gasteiger partial charge in [-0.15, -0.1) is 0 Å². The minimum atomic E-state index is -0.900. The van der Waals surface area contributed by atoms with E-state index in [0.717, 1.165) is 0 Å². The molecule has 0 saturated heterocycles. The van der Waals surface area contributed by atoms with Gasteiger partial charge in [0, 0.05) is 19.5 Å². The fourth-order valence-electron chi connectivity index (χ4n) is 1.24.